The van der Waals surface area contributed by atoms with E-state index in [9.17, 15) is 0 Å². The van der Waals surface area contributed by atoms with Gasteiger partial charge in [-0.2, -0.15) is 4.98 Å². The average molecular weight is 295 g/mol. The molecule has 0 aliphatic rings. The molecule has 2 atom stereocenters. The number of hydrogen-bond acceptors (Lipinski definition) is 4. The number of rotatable bonds is 6. The average Bonchev–Trinajstić information content (AvgIpc) is 2.94. The maximum Gasteiger partial charge on any atom is 0.249 e. The molecule has 0 aliphatic carbocycles. The van der Waals surface area contributed by atoms with Crippen LogP contribution in [0.15, 0.2) is 34.9 Å². The van der Waals surface area contributed by atoms with E-state index in [2.05, 4.69) is 24.0 Å². The van der Waals surface area contributed by atoms with Gasteiger partial charge in [0, 0.05) is 6.61 Å². The zero-order valence-electron chi connectivity index (χ0n) is 11.9. The second-order valence-corrected chi connectivity index (χ2v) is 5.32. The van der Waals surface area contributed by atoms with Crippen LogP contribution in [-0.4, -0.2) is 16.7 Å². The van der Waals surface area contributed by atoms with Crippen LogP contribution in [0.5, 0.6) is 0 Å². The van der Waals surface area contributed by atoms with E-state index >= 15 is 0 Å². The Balaban J connectivity index is 2.20. The zero-order chi connectivity index (χ0) is 14.5. The van der Waals surface area contributed by atoms with Crippen LogP contribution in [0.1, 0.15) is 49.5 Å². The minimum Gasteiger partial charge on any atom is -0.370 e. The van der Waals surface area contributed by atoms with E-state index in [0.29, 0.717) is 18.3 Å². The Morgan fingerprint density at radius 1 is 1.25 bits per heavy atom. The Hall–Kier alpha value is -1.39. The first-order chi connectivity index (χ1) is 9.63. The quantitative estimate of drug-likeness (QED) is 0.752. The third kappa shape index (κ3) is 3.38. The second-order valence-electron chi connectivity index (χ2n) is 4.88. The minimum atomic E-state index is -0.438. The van der Waals surface area contributed by atoms with Crippen LogP contribution in [0.3, 0.4) is 0 Å². The second kappa shape index (κ2) is 6.86. The summed E-state index contributed by atoms with van der Waals surface area (Å²) in [5.74, 6) is 1.22. The molecule has 5 heteroatoms. The Kier molecular flexibility index (Phi) is 5.15. The van der Waals surface area contributed by atoms with Crippen LogP contribution in [0.25, 0.3) is 0 Å². The summed E-state index contributed by atoms with van der Waals surface area (Å²) in [6.07, 6.45) is -0.169. The molecule has 0 bridgehead atoms. The van der Waals surface area contributed by atoms with Gasteiger partial charge in [0.25, 0.3) is 0 Å². The fourth-order valence-corrected chi connectivity index (χ4v) is 2.21. The van der Waals surface area contributed by atoms with Crippen molar-refractivity contribution >= 4 is 11.6 Å². The molecule has 0 radical (unpaired) electrons. The maximum atomic E-state index is 6.37. The van der Waals surface area contributed by atoms with Crippen LogP contribution in [0.4, 0.5) is 0 Å². The van der Waals surface area contributed by atoms with Crippen LogP contribution >= 0.6 is 11.6 Å². The third-order valence-corrected chi connectivity index (χ3v) is 3.41. The van der Waals surface area contributed by atoms with Crippen LogP contribution < -0.4 is 0 Å². The first-order valence-corrected chi connectivity index (χ1v) is 7.21. The van der Waals surface area contributed by atoms with Crippen LogP contribution in [0.2, 0.25) is 0 Å². The molecule has 1 heterocycles. The Morgan fingerprint density at radius 3 is 2.55 bits per heavy atom. The van der Waals surface area contributed by atoms with Crippen molar-refractivity contribution in [3.63, 3.8) is 0 Å². The molecular weight excluding hydrogens is 276 g/mol. The number of halogens is 1. The van der Waals surface area contributed by atoms with E-state index in [4.69, 9.17) is 20.9 Å². The van der Waals surface area contributed by atoms with Crippen molar-refractivity contribution in [2.45, 2.75) is 32.3 Å². The maximum absolute atomic E-state index is 6.37. The van der Waals surface area contributed by atoms with Gasteiger partial charge in [-0.15, -0.1) is 11.6 Å². The van der Waals surface area contributed by atoms with Gasteiger partial charge in [0.2, 0.25) is 11.7 Å². The van der Waals surface area contributed by atoms with Crippen molar-refractivity contribution in [1.82, 2.24) is 10.1 Å². The summed E-state index contributed by atoms with van der Waals surface area (Å²) in [6, 6.07) is 9.67. The number of alkyl halides is 1. The lowest BCUT2D eigenvalue weighted by Crippen LogP contribution is -2.12. The lowest BCUT2D eigenvalue weighted by molar-refractivity contribution is 0.0217. The molecule has 2 aromatic rings. The van der Waals surface area contributed by atoms with Crippen molar-refractivity contribution in [2.24, 2.45) is 5.92 Å². The molecule has 2 rings (SSSR count). The molecule has 0 N–H and O–H groups in total. The van der Waals surface area contributed by atoms with Crippen molar-refractivity contribution in [1.29, 1.82) is 0 Å². The molecule has 4 nitrogen and oxygen atoms in total. The molecule has 0 spiro atoms. The SMILES string of the molecule is CCOC(c1noc(C(Cl)c2ccccc2)n1)C(C)C. The van der Waals surface area contributed by atoms with E-state index in [1.165, 1.54) is 0 Å². The summed E-state index contributed by atoms with van der Waals surface area (Å²) in [6.45, 7) is 6.68. The Bertz CT molecular complexity index is 528. The topological polar surface area (TPSA) is 48.2 Å². The van der Waals surface area contributed by atoms with Gasteiger partial charge in [-0.3, -0.25) is 0 Å². The summed E-state index contributed by atoms with van der Waals surface area (Å²) in [7, 11) is 0. The monoisotopic (exact) mass is 294 g/mol. The molecule has 0 amide bonds. The van der Waals surface area contributed by atoms with Crippen molar-refractivity contribution < 1.29 is 9.26 Å². The highest BCUT2D eigenvalue weighted by Crippen LogP contribution is 2.30. The highest BCUT2D eigenvalue weighted by molar-refractivity contribution is 6.22. The molecule has 2 unspecified atom stereocenters. The molecule has 0 saturated heterocycles. The summed E-state index contributed by atoms with van der Waals surface area (Å²) < 4.78 is 10.9. The van der Waals surface area contributed by atoms with Gasteiger partial charge in [-0.25, -0.2) is 0 Å². The highest BCUT2D eigenvalue weighted by atomic mass is 35.5. The summed E-state index contributed by atoms with van der Waals surface area (Å²) in [5.41, 5.74) is 0.932. The van der Waals surface area contributed by atoms with Gasteiger partial charge in [0.05, 0.1) is 0 Å². The third-order valence-electron chi connectivity index (χ3n) is 2.97. The molecule has 0 fully saturated rings. The van der Waals surface area contributed by atoms with Gasteiger partial charge in [-0.05, 0) is 18.4 Å². The molecule has 1 aromatic carbocycles. The number of ether oxygens (including phenoxy) is 1. The van der Waals surface area contributed by atoms with Gasteiger partial charge in [0.1, 0.15) is 11.5 Å². The zero-order valence-corrected chi connectivity index (χ0v) is 12.7. The number of hydrogen-bond donors (Lipinski definition) is 0. The highest BCUT2D eigenvalue weighted by Gasteiger charge is 2.25. The molecule has 108 valence electrons. The van der Waals surface area contributed by atoms with Crippen molar-refractivity contribution in [3.05, 3.63) is 47.6 Å². The Morgan fingerprint density at radius 2 is 1.95 bits per heavy atom. The van der Waals surface area contributed by atoms with Crippen LogP contribution in [0, 0.1) is 5.92 Å². The predicted octanol–water partition coefficient (Wildman–Crippen LogP) is 4.13. The smallest absolute Gasteiger partial charge is 0.249 e. The van der Waals surface area contributed by atoms with Crippen LogP contribution in [-0.2, 0) is 4.74 Å². The summed E-state index contributed by atoms with van der Waals surface area (Å²) in [5, 5.41) is 3.57. The number of nitrogens with zero attached hydrogens (tertiary/aromatic N) is 2. The van der Waals surface area contributed by atoms with Gasteiger partial charge in [0.15, 0.2) is 0 Å². The van der Waals surface area contributed by atoms with Gasteiger partial charge in [-0.1, -0.05) is 49.3 Å². The minimum absolute atomic E-state index is 0.169. The predicted molar refractivity (Wildman–Crippen MR) is 77.6 cm³/mol. The molecule has 0 saturated carbocycles. The fourth-order valence-electron chi connectivity index (χ4n) is 1.98. The van der Waals surface area contributed by atoms with E-state index < -0.39 is 5.38 Å². The largest absolute Gasteiger partial charge is 0.370 e. The van der Waals surface area contributed by atoms with E-state index in [-0.39, 0.29) is 12.0 Å². The first kappa shape index (κ1) is 15.0. The number of benzene rings is 1. The van der Waals surface area contributed by atoms with Gasteiger partial charge >= 0.3 is 0 Å². The van der Waals surface area contributed by atoms with Crippen molar-refractivity contribution in [3.8, 4) is 0 Å². The van der Waals surface area contributed by atoms with E-state index in [0.717, 1.165) is 5.56 Å². The van der Waals surface area contributed by atoms with E-state index in [1.54, 1.807) is 0 Å². The normalized spacial score (nSPS) is 14.4. The number of aromatic nitrogens is 2. The fraction of sp³-hybridized carbons (Fsp3) is 0.467. The molecular formula is C15H19ClN2O2. The summed E-state index contributed by atoms with van der Waals surface area (Å²) in [4.78, 5) is 4.39. The lowest BCUT2D eigenvalue weighted by atomic mass is 10.1. The van der Waals surface area contributed by atoms with Gasteiger partial charge < -0.3 is 9.26 Å². The Labute approximate surface area is 124 Å². The standard InChI is InChI=1S/C15H19ClN2O2/c1-4-19-13(10(2)3)14-17-15(20-18-14)12(16)11-8-6-5-7-9-11/h5-10,12-13H,4H2,1-3H3. The first-order valence-electron chi connectivity index (χ1n) is 6.77. The summed E-state index contributed by atoms with van der Waals surface area (Å²) >= 11 is 6.37. The molecule has 20 heavy (non-hydrogen) atoms. The molecule has 0 aliphatic heterocycles. The van der Waals surface area contributed by atoms with E-state index in [1.807, 2.05) is 37.3 Å². The molecule has 1 aromatic heterocycles. The van der Waals surface area contributed by atoms with Crippen molar-refractivity contribution in [2.75, 3.05) is 6.61 Å². The lowest BCUT2D eigenvalue weighted by Gasteiger charge is -2.16.